The van der Waals surface area contributed by atoms with Gasteiger partial charge in [-0.05, 0) is 25.5 Å². The van der Waals surface area contributed by atoms with Crippen LogP contribution in [0, 0.1) is 0 Å². The van der Waals surface area contributed by atoms with Crippen molar-refractivity contribution in [2.75, 3.05) is 5.32 Å². The van der Waals surface area contributed by atoms with E-state index in [2.05, 4.69) is 11.9 Å². The molecule has 0 bridgehead atoms. The number of para-hydroxylation sites is 1. The molecule has 1 aromatic carbocycles. The molecule has 14 heavy (non-hydrogen) atoms. The van der Waals surface area contributed by atoms with Crippen LogP contribution in [0.25, 0.3) is 0 Å². The second-order valence-corrected chi connectivity index (χ2v) is 3.91. The maximum Gasteiger partial charge on any atom is 0.238 e. The molecule has 0 saturated heterocycles. The lowest BCUT2D eigenvalue weighted by Gasteiger charge is -2.22. The largest absolute Gasteiger partial charge is 0.325 e. The number of nitrogens with one attached hydrogen (secondary N) is 1. The Bertz CT molecular complexity index is 422. The first-order valence-electron chi connectivity index (χ1n) is 4.64. The zero-order valence-corrected chi connectivity index (χ0v) is 8.42. The Morgan fingerprint density at radius 2 is 2.07 bits per heavy atom. The van der Waals surface area contributed by atoms with Crippen molar-refractivity contribution in [3.05, 3.63) is 42.0 Å². The van der Waals surface area contributed by atoms with Crippen LogP contribution in [0.3, 0.4) is 0 Å². The van der Waals surface area contributed by atoms with Gasteiger partial charge in [0.25, 0.3) is 0 Å². The molecule has 2 heteroatoms. The second-order valence-electron chi connectivity index (χ2n) is 3.91. The zero-order chi connectivity index (χ0) is 10.3. The summed E-state index contributed by atoms with van der Waals surface area (Å²) in [5.41, 5.74) is 2.25. The SMILES string of the molecule is C=C(C)C1(C)C(=O)Nc2ccccc21. The summed E-state index contributed by atoms with van der Waals surface area (Å²) in [4.78, 5) is 11.8. The minimum Gasteiger partial charge on any atom is -0.325 e. The van der Waals surface area contributed by atoms with Gasteiger partial charge >= 0.3 is 0 Å². The van der Waals surface area contributed by atoms with Crippen LogP contribution in [0.2, 0.25) is 0 Å². The summed E-state index contributed by atoms with van der Waals surface area (Å²) in [6.07, 6.45) is 0. The predicted octanol–water partition coefficient (Wildman–Crippen LogP) is 2.47. The quantitative estimate of drug-likeness (QED) is 0.672. The van der Waals surface area contributed by atoms with Crippen LogP contribution in [-0.4, -0.2) is 5.91 Å². The summed E-state index contributed by atoms with van der Waals surface area (Å²) < 4.78 is 0. The molecule has 0 aliphatic carbocycles. The Labute approximate surface area is 83.6 Å². The third-order valence-corrected chi connectivity index (χ3v) is 3.02. The highest BCUT2D eigenvalue weighted by Crippen LogP contribution is 2.41. The van der Waals surface area contributed by atoms with Gasteiger partial charge in [-0.25, -0.2) is 0 Å². The van der Waals surface area contributed by atoms with Crippen molar-refractivity contribution in [1.29, 1.82) is 0 Å². The normalized spacial score (nSPS) is 24.3. The summed E-state index contributed by atoms with van der Waals surface area (Å²) >= 11 is 0. The van der Waals surface area contributed by atoms with E-state index in [0.717, 1.165) is 16.8 Å². The molecule has 1 amide bonds. The topological polar surface area (TPSA) is 29.1 Å². The number of amides is 1. The highest BCUT2D eigenvalue weighted by molar-refractivity contribution is 6.08. The molecular weight excluding hydrogens is 174 g/mol. The number of hydrogen-bond acceptors (Lipinski definition) is 1. The van der Waals surface area contributed by atoms with E-state index < -0.39 is 5.41 Å². The molecule has 1 aromatic rings. The lowest BCUT2D eigenvalue weighted by Crippen LogP contribution is -2.31. The molecule has 1 heterocycles. The maximum absolute atomic E-state index is 11.8. The Kier molecular flexibility index (Phi) is 1.74. The molecule has 1 aliphatic heterocycles. The average molecular weight is 187 g/mol. The molecule has 1 aliphatic rings. The fourth-order valence-electron chi connectivity index (χ4n) is 1.82. The van der Waals surface area contributed by atoms with Crippen molar-refractivity contribution in [3.63, 3.8) is 0 Å². The molecule has 0 aromatic heterocycles. The standard InChI is InChI=1S/C12H13NO/c1-8(2)12(3)9-6-4-5-7-10(9)13-11(12)14/h4-7H,1H2,2-3H3,(H,13,14). The smallest absolute Gasteiger partial charge is 0.238 e. The van der Waals surface area contributed by atoms with Gasteiger partial charge in [0, 0.05) is 5.69 Å². The van der Waals surface area contributed by atoms with Crippen molar-refractivity contribution in [1.82, 2.24) is 0 Å². The molecule has 0 spiro atoms. The molecule has 1 atom stereocenters. The van der Waals surface area contributed by atoms with Gasteiger partial charge < -0.3 is 5.32 Å². The number of carbonyl (C=O) groups excluding carboxylic acids is 1. The summed E-state index contributed by atoms with van der Waals surface area (Å²) in [5.74, 6) is 0.0196. The van der Waals surface area contributed by atoms with E-state index >= 15 is 0 Å². The van der Waals surface area contributed by atoms with E-state index in [1.165, 1.54) is 0 Å². The van der Waals surface area contributed by atoms with Crippen LogP contribution < -0.4 is 5.32 Å². The van der Waals surface area contributed by atoms with Gasteiger partial charge in [-0.1, -0.05) is 30.4 Å². The number of hydrogen-bond donors (Lipinski definition) is 1. The van der Waals surface area contributed by atoms with Gasteiger partial charge in [-0.15, -0.1) is 0 Å². The van der Waals surface area contributed by atoms with E-state index in [9.17, 15) is 4.79 Å². The van der Waals surface area contributed by atoms with Crippen LogP contribution in [0.1, 0.15) is 19.4 Å². The highest BCUT2D eigenvalue weighted by Gasteiger charge is 2.42. The molecule has 1 unspecified atom stereocenters. The van der Waals surface area contributed by atoms with E-state index in [1.54, 1.807) is 0 Å². The summed E-state index contributed by atoms with van der Waals surface area (Å²) in [7, 11) is 0. The van der Waals surface area contributed by atoms with Gasteiger partial charge in [0.05, 0.1) is 5.41 Å². The number of carbonyl (C=O) groups is 1. The Morgan fingerprint density at radius 1 is 1.43 bits per heavy atom. The zero-order valence-electron chi connectivity index (χ0n) is 8.42. The first kappa shape index (κ1) is 9.00. The van der Waals surface area contributed by atoms with Crippen molar-refractivity contribution in [3.8, 4) is 0 Å². The van der Waals surface area contributed by atoms with E-state index in [0.29, 0.717) is 0 Å². The lowest BCUT2D eigenvalue weighted by atomic mass is 9.78. The molecular formula is C12H13NO. The van der Waals surface area contributed by atoms with Crippen molar-refractivity contribution >= 4 is 11.6 Å². The van der Waals surface area contributed by atoms with Crippen LogP contribution >= 0.6 is 0 Å². The van der Waals surface area contributed by atoms with Crippen molar-refractivity contribution in [2.45, 2.75) is 19.3 Å². The fraction of sp³-hybridized carbons (Fsp3) is 0.250. The molecule has 0 saturated carbocycles. The van der Waals surface area contributed by atoms with Gasteiger partial charge in [0.15, 0.2) is 0 Å². The van der Waals surface area contributed by atoms with E-state index in [-0.39, 0.29) is 5.91 Å². The van der Waals surface area contributed by atoms with Crippen LogP contribution in [0.15, 0.2) is 36.4 Å². The summed E-state index contributed by atoms with van der Waals surface area (Å²) in [5, 5.41) is 2.87. The summed E-state index contributed by atoms with van der Waals surface area (Å²) in [6.45, 7) is 7.70. The predicted molar refractivity (Wildman–Crippen MR) is 57.2 cm³/mol. The molecule has 2 nitrogen and oxygen atoms in total. The number of fused-ring (bicyclic) bond motifs is 1. The third-order valence-electron chi connectivity index (χ3n) is 3.02. The maximum atomic E-state index is 11.8. The Balaban J connectivity index is 2.66. The monoisotopic (exact) mass is 187 g/mol. The average Bonchev–Trinajstić information content (AvgIpc) is 2.41. The number of rotatable bonds is 1. The van der Waals surface area contributed by atoms with Gasteiger partial charge in [0.2, 0.25) is 5.91 Å². The Morgan fingerprint density at radius 3 is 2.71 bits per heavy atom. The lowest BCUT2D eigenvalue weighted by molar-refractivity contribution is -0.119. The number of anilines is 1. The second kappa shape index (κ2) is 2.71. The fourth-order valence-corrected chi connectivity index (χ4v) is 1.82. The third kappa shape index (κ3) is 0.939. The Hall–Kier alpha value is -1.57. The van der Waals surface area contributed by atoms with Crippen LogP contribution in [-0.2, 0) is 10.2 Å². The minimum absolute atomic E-state index is 0.0196. The minimum atomic E-state index is -0.559. The molecule has 72 valence electrons. The first-order valence-corrected chi connectivity index (χ1v) is 4.64. The van der Waals surface area contributed by atoms with Gasteiger partial charge in [-0.3, -0.25) is 4.79 Å². The van der Waals surface area contributed by atoms with Gasteiger partial charge in [0.1, 0.15) is 0 Å². The molecule has 2 rings (SSSR count). The summed E-state index contributed by atoms with van der Waals surface area (Å²) in [6, 6.07) is 7.76. The number of benzene rings is 1. The van der Waals surface area contributed by atoms with E-state index in [4.69, 9.17) is 0 Å². The molecule has 1 N–H and O–H groups in total. The van der Waals surface area contributed by atoms with Crippen LogP contribution in [0.5, 0.6) is 0 Å². The van der Waals surface area contributed by atoms with Crippen molar-refractivity contribution in [2.24, 2.45) is 0 Å². The van der Waals surface area contributed by atoms with Crippen LogP contribution in [0.4, 0.5) is 5.69 Å². The molecule has 0 fully saturated rings. The highest BCUT2D eigenvalue weighted by atomic mass is 16.2. The van der Waals surface area contributed by atoms with E-state index in [1.807, 2.05) is 38.1 Å². The van der Waals surface area contributed by atoms with Gasteiger partial charge in [-0.2, -0.15) is 0 Å². The van der Waals surface area contributed by atoms with Crippen molar-refractivity contribution < 1.29 is 4.79 Å². The molecule has 0 radical (unpaired) electrons. The first-order chi connectivity index (χ1) is 6.56.